The Morgan fingerprint density at radius 1 is 1.91 bits per heavy atom. The largest absolute Gasteiger partial charge is 0.384 e. The first-order valence-electron chi connectivity index (χ1n) is 3.05. The summed E-state index contributed by atoms with van der Waals surface area (Å²) in [5, 5.41) is 6.29. The molecule has 1 unspecified atom stereocenters. The van der Waals surface area contributed by atoms with Gasteiger partial charge in [-0.3, -0.25) is 5.10 Å². The lowest BCUT2D eigenvalue weighted by molar-refractivity contribution is 0.676. The number of anilines is 1. The molecule has 0 fully saturated rings. The molecule has 0 amide bonds. The second-order valence-electron chi connectivity index (χ2n) is 2.08. The molecule has 1 atom stereocenters. The molecular weight excluding hydrogens is 164 g/mol. The predicted octanol–water partition coefficient (Wildman–Crippen LogP) is -0.625. The highest BCUT2D eigenvalue weighted by molar-refractivity contribution is 7.82. The van der Waals surface area contributed by atoms with Gasteiger partial charge in [0.15, 0.2) is 0 Å². The first-order valence-corrected chi connectivity index (χ1v) is 4.60. The van der Waals surface area contributed by atoms with Gasteiger partial charge < -0.3 is 5.73 Å². The summed E-state index contributed by atoms with van der Waals surface area (Å²) in [5.74, 6) is 0.517. The number of nitrogens with zero attached hydrogens (tertiary/aromatic N) is 1. The average Bonchev–Trinajstić information content (AvgIpc) is 2.31. The summed E-state index contributed by atoms with van der Waals surface area (Å²) < 4.78 is 13.3. The Bertz CT molecular complexity index is 259. The van der Waals surface area contributed by atoms with E-state index < -0.39 is 11.0 Å². The van der Waals surface area contributed by atoms with Crippen LogP contribution in [0.15, 0.2) is 6.20 Å². The average molecular weight is 174 g/mol. The van der Waals surface area contributed by atoms with Gasteiger partial charge in [-0.1, -0.05) is 0 Å². The van der Waals surface area contributed by atoms with Crippen molar-refractivity contribution >= 4 is 16.8 Å². The third-order valence-corrected chi connectivity index (χ3v) is 1.77. The quantitative estimate of drug-likeness (QED) is 0.570. The lowest BCUT2D eigenvalue weighted by Crippen LogP contribution is -2.15. The van der Waals surface area contributed by atoms with Crippen molar-refractivity contribution in [3.8, 4) is 0 Å². The topological polar surface area (TPSA) is 83.8 Å². The molecule has 0 aliphatic carbocycles. The fraction of sp³-hybridized carbons (Fsp3) is 0.400. The van der Waals surface area contributed by atoms with Crippen molar-refractivity contribution in [1.82, 2.24) is 14.9 Å². The molecule has 0 bridgehead atoms. The summed E-state index contributed by atoms with van der Waals surface area (Å²) >= 11 is 0. The lowest BCUT2D eigenvalue weighted by atomic mass is 10.3. The number of hydrogen-bond donors (Lipinski definition) is 3. The van der Waals surface area contributed by atoms with Crippen LogP contribution < -0.4 is 10.5 Å². The van der Waals surface area contributed by atoms with Crippen LogP contribution in [0.2, 0.25) is 0 Å². The van der Waals surface area contributed by atoms with Gasteiger partial charge in [0.05, 0.1) is 17.2 Å². The fourth-order valence-electron chi connectivity index (χ4n) is 0.641. The van der Waals surface area contributed by atoms with Crippen molar-refractivity contribution in [1.29, 1.82) is 0 Å². The van der Waals surface area contributed by atoms with Gasteiger partial charge >= 0.3 is 0 Å². The molecule has 0 saturated carbocycles. The van der Waals surface area contributed by atoms with E-state index in [1.54, 1.807) is 12.5 Å². The Morgan fingerprint density at radius 3 is 3.09 bits per heavy atom. The van der Waals surface area contributed by atoms with E-state index in [2.05, 4.69) is 14.9 Å². The van der Waals surface area contributed by atoms with Crippen LogP contribution in [0.4, 0.5) is 5.82 Å². The van der Waals surface area contributed by atoms with E-state index >= 15 is 0 Å². The normalized spacial score (nSPS) is 13.2. The van der Waals surface area contributed by atoms with Crippen molar-refractivity contribution in [3.05, 3.63) is 11.8 Å². The summed E-state index contributed by atoms with van der Waals surface area (Å²) in [6.45, 7) is 0.478. The van der Waals surface area contributed by atoms with Crippen molar-refractivity contribution in [2.24, 2.45) is 0 Å². The molecule has 0 spiro atoms. The molecule has 0 saturated heterocycles. The number of nitrogens with one attached hydrogen (secondary N) is 2. The number of hydrogen-bond acceptors (Lipinski definition) is 3. The van der Waals surface area contributed by atoms with Crippen LogP contribution in [0.1, 0.15) is 5.56 Å². The van der Waals surface area contributed by atoms with Crippen LogP contribution in [0.25, 0.3) is 0 Å². The van der Waals surface area contributed by atoms with Gasteiger partial charge in [0, 0.05) is 18.4 Å². The maximum absolute atomic E-state index is 10.6. The summed E-state index contributed by atoms with van der Waals surface area (Å²) in [7, 11) is -1.01. The van der Waals surface area contributed by atoms with E-state index in [0.717, 1.165) is 5.56 Å². The van der Waals surface area contributed by atoms with E-state index in [4.69, 9.17) is 5.73 Å². The minimum absolute atomic E-state index is 0.478. The number of rotatable bonds is 3. The molecule has 62 valence electrons. The first-order chi connectivity index (χ1) is 5.20. The van der Waals surface area contributed by atoms with Crippen LogP contribution in [0, 0.1) is 0 Å². The smallest absolute Gasteiger partial charge is 0.123 e. The van der Waals surface area contributed by atoms with Gasteiger partial charge in [0.2, 0.25) is 0 Å². The highest BCUT2D eigenvalue weighted by atomic mass is 32.2. The van der Waals surface area contributed by atoms with Gasteiger partial charge in [-0.15, -0.1) is 0 Å². The first kappa shape index (κ1) is 8.22. The Kier molecular flexibility index (Phi) is 2.61. The van der Waals surface area contributed by atoms with Crippen LogP contribution in [-0.4, -0.2) is 20.7 Å². The summed E-state index contributed by atoms with van der Waals surface area (Å²) in [6, 6.07) is 0. The molecular formula is C5H10N4OS. The molecule has 1 heterocycles. The van der Waals surface area contributed by atoms with E-state index in [1.165, 1.54) is 0 Å². The predicted molar refractivity (Wildman–Crippen MR) is 43.9 cm³/mol. The number of aromatic nitrogens is 2. The van der Waals surface area contributed by atoms with Crippen molar-refractivity contribution < 1.29 is 4.21 Å². The van der Waals surface area contributed by atoms with Crippen LogP contribution in [0.3, 0.4) is 0 Å². The SMILES string of the molecule is CS(=O)NCc1cn[nH]c1N. The van der Waals surface area contributed by atoms with Crippen molar-refractivity contribution in [2.45, 2.75) is 6.54 Å². The van der Waals surface area contributed by atoms with E-state index in [0.29, 0.717) is 12.4 Å². The molecule has 4 N–H and O–H groups in total. The van der Waals surface area contributed by atoms with Gasteiger partial charge in [0.1, 0.15) is 5.82 Å². The number of nitrogen functional groups attached to an aromatic ring is 1. The minimum atomic E-state index is -1.01. The molecule has 0 aliphatic heterocycles. The molecule has 6 heteroatoms. The Morgan fingerprint density at radius 2 is 2.64 bits per heavy atom. The van der Waals surface area contributed by atoms with E-state index in [9.17, 15) is 4.21 Å². The van der Waals surface area contributed by atoms with Gasteiger partial charge in [-0.25, -0.2) is 8.93 Å². The molecule has 5 nitrogen and oxygen atoms in total. The second kappa shape index (κ2) is 3.49. The minimum Gasteiger partial charge on any atom is -0.384 e. The maximum atomic E-state index is 10.6. The Hall–Kier alpha value is -0.880. The van der Waals surface area contributed by atoms with Gasteiger partial charge in [-0.05, 0) is 0 Å². The molecule has 0 aliphatic rings. The zero-order chi connectivity index (χ0) is 8.27. The Labute approximate surface area is 67.0 Å². The molecule has 0 aromatic carbocycles. The summed E-state index contributed by atoms with van der Waals surface area (Å²) in [6.07, 6.45) is 3.17. The van der Waals surface area contributed by atoms with Crippen LogP contribution in [0.5, 0.6) is 0 Å². The highest BCUT2D eigenvalue weighted by Gasteiger charge is 1.99. The Balaban J connectivity index is 2.51. The van der Waals surface area contributed by atoms with Crippen molar-refractivity contribution in [2.75, 3.05) is 12.0 Å². The molecule has 1 aromatic rings. The zero-order valence-electron chi connectivity index (χ0n) is 6.13. The molecule has 11 heavy (non-hydrogen) atoms. The molecule has 1 rings (SSSR count). The number of H-pyrrole nitrogens is 1. The van der Waals surface area contributed by atoms with Gasteiger partial charge in [-0.2, -0.15) is 5.10 Å². The fourth-order valence-corrected chi connectivity index (χ4v) is 1.00. The second-order valence-corrected chi connectivity index (χ2v) is 3.28. The lowest BCUT2D eigenvalue weighted by Gasteiger charge is -1.97. The van der Waals surface area contributed by atoms with Gasteiger partial charge in [0.25, 0.3) is 0 Å². The highest BCUT2D eigenvalue weighted by Crippen LogP contribution is 2.04. The standard InChI is InChI=1S/C5H10N4OS/c1-11(10)8-3-4-2-7-9-5(4)6/h2,8H,3H2,1H3,(H3,6,7,9). The molecule has 1 aromatic heterocycles. The van der Waals surface area contributed by atoms with Crippen LogP contribution >= 0.6 is 0 Å². The summed E-state index contributed by atoms with van der Waals surface area (Å²) in [5.41, 5.74) is 6.30. The number of nitrogens with two attached hydrogens (primary N) is 1. The van der Waals surface area contributed by atoms with E-state index in [1.807, 2.05) is 0 Å². The zero-order valence-corrected chi connectivity index (χ0v) is 6.94. The third-order valence-electron chi connectivity index (χ3n) is 1.22. The maximum Gasteiger partial charge on any atom is 0.123 e. The molecule has 0 radical (unpaired) electrons. The van der Waals surface area contributed by atoms with E-state index in [-0.39, 0.29) is 0 Å². The van der Waals surface area contributed by atoms with Crippen molar-refractivity contribution in [3.63, 3.8) is 0 Å². The monoisotopic (exact) mass is 174 g/mol. The third kappa shape index (κ3) is 2.32. The number of aromatic amines is 1. The van der Waals surface area contributed by atoms with Crippen LogP contribution in [-0.2, 0) is 17.5 Å². The summed E-state index contributed by atoms with van der Waals surface area (Å²) in [4.78, 5) is 0.